The molecule has 100 valence electrons. The smallest absolute Gasteiger partial charge is 0.138 e. The molecular weight excluding hydrogens is 326 g/mol. The van der Waals surface area contributed by atoms with Crippen molar-refractivity contribution in [2.45, 2.75) is 13.0 Å². The Morgan fingerprint density at radius 1 is 1.21 bits per heavy atom. The number of hydrogen-bond acceptors (Lipinski definition) is 2. The molecular formula is C15H15BrClNO. The van der Waals surface area contributed by atoms with E-state index in [0.29, 0.717) is 17.3 Å². The molecule has 0 amide bonds. The number of aryl methyl sites for hydroxylation is 1. The quantitative estimate of drug-likeness (QED) is 0.890. The van der Waals surface area contributed by atoms with Crippen molar-refractivity contribution in [1.82, 2.24) is 0 Å². The summed E-state index contributed by atoms with van der Waals surface area (Å²) in [6, 6.07) is 13.6. The molecule has 0 bridgehead atoms. The fourth-order valence-electron chi connectivity index (χ4n) is 1.78. The standard InChI is InChI=1S/C15H15BrClNO/c1-10-2-7-14(13(17)8-10)19-15(9-18)11-3-5-12(16)6-4-11/h2-8,15H,9,18H2,1H3. The summed E-state index contributed by atoms with van der Waals surface area (Å²) in [5.74, 6) is 0.658. The van der Waals surface area contributed by atoms with Gasteiger partial charge >= 0.3 is 0 Å². The summed E-state index contributed by atoms with van der Waals surface area (Å²) in [6.45, 7) is 2.39. The summed E-state index contributed by atoms with van der Waals surface area (Å²) in [6.07, 6.45) is -0.201. The molecule has 19 heavy (non-hydrogen) atoms. The Labute approximate surface area is 126 Å². The number of hydrogen-bond donors (Lipinski definition) is 1. The zero-order chi connectivity index (χ0) is 13.8. The van der Waals surface area contributed by atoms with Crippen LogP contribution < -0.4 is 10.5 Å². The molecule has 2 aromatic rings. The summed E-state index contributed by atoms with van der Waals surface area (Å²) in [5, 5.41) is 0.607. The SMILES string of the molecule is Cc1ccc(OC(CN)c2ccc(Br)cc2)c(Cl)c1. The average molecular weight is 341 g/mol. The van der Waals surface area contributed by atoms with Crippen molar-refractivity contribution in [2.75, 3.05) is 6.54 Å². The van der Waals surface area contributed by atoms with Crippen LogP contribution in [0.4, 0.5) is 0 Å². The molecule has 0 aliphatic rings. The van der Waals surface area contributed by atoms with E-state index >= 15 is 0 Å². The topological polar surface area (TPSA) is 35.2 Å². The van der Waals surface area contributed by atoms with Gasteiger partial charge in [-0.2, -0.15) is 0 Å². The van der Waals surface area contributed by atoms with Crippen molar-refractivity contribution in [3.05, 3.63) is 63.1 Å². The van der Waals surface area contributed by atoms with Gasteiger partial charge in [0.05, 0.1) is 5.02 Å². The number of benzene rings is 2. The van der Waals surface area contributed by atoms with Gasteiger partial charge in [-0.25, -0.2) is 0 Å². The van der Waals surface area contributed by atoms with E-state index in [1.807, 2.05) is 49.4 Å². The first-order valence-corrected chi connectivity index (χ1v) is 7.15. The fourth-order valence-corrected chi connectivity index (χ4v) is 2.33. The van der Waals surface area contributed by atoms with Gasteiger partial charge in [-0.3, -0.25) is 0 Å². The molecule has 0 radical (unpaired) electrons. The molecule has 0 aliphatic carbocycles. The van der Waals surface area contributed by atoms with E-state index in [1.54, 1.807) is 0 Å². The molecule has 2 N–H and O–H groups in total. The van der Waals surface area contributed by atoms with Crippen LogP contribution in [0.2, 0.25) is 5.02 Å². The predicted molar refractivity (Wildman–Crippen MR) is 82.8 cm³/mol. The second-order valence-electron chi connectivity index (χ2n) is 4.33. The van der Waals surface area contributed by atoms with Gasteiger partial charge in [0.1, 0.15) is 11.9 Å². The first-order chi connectivity index (χ1) is 9.10. The fraction of sp³-hybridized carbons (Fsp3) is 0.200. The Morgan fingerprint density at radius 3 is 2.47 bits per heavy atom. The first-order valence-electron chi connectivity index (χ1n) is 5.98. The van der Waals surface area contributed by atoms with Crippen LogP contribution in [-0.2, 0) is 0 Å². The molecule has 0 fully saturated rings. The molecule has 0 spiro atoms. The van der Waals surface area contributed by atoms with Gasteiger partial charge in [0, 0.05) is 11.0 Å². The Morgan fingerprint density at radius 2 is 1.89 bits per heavy atom. The number of rotatable bonds is 4. The molecule has 1 atom stereocenters. The maximum Gasteiger partial charge on any atom is 0.138 e. The summed E-state index contributed by atoms with van der Waals surface area (Å²) in [7, 11) is 0. The van der Waals surface area contributed by atoms with Gasteiger partial charge in [-0.15, -0.1) is 0 Å². The lowest BCUT2D eigenvalue weighted by molar-refractivity contribution is 0.214. The van der Waals surface area contributed by atoms with Gasteiger partial charge in [-0.1, -0.05) is 45.7 Å². The van der Waals surface area contributed by atoms with Crippen molar-refractivity contribution in [1.29, 1.82) is 0 Å². The van der Waals surface area contributed by atoms with Crippen molar-refractivity contribution in [3.8, 4) is 5.75 Å². The lowest BCUT2D eigenvalue weighted by Crippen LogP contribution is -2.18. The van der Waals surface area contributed by atoms with E-state index in [0.717, 1.165) is 15.6 Å². The summed E-state index contributed by atoms with van der Waals surface area (Å²) < 4.78 is 6.93. The molecule has 2 nitrogen and oxygen atoms in total. The van der Waals surface area contributed by atoms with Crippen molar-refractivity contribution in [2.24, 2.45) is 5.73 Å². The second kappa shape index (κ2) is 6.42. The molecule has 1 unspecified atom stereocenters. The zero-order valence-electron chi connectivity index (χ0n) is 10.6. The lowest BCUT2D eigenvalue weighted by Gasteiger charge is -2.19. The third kappa shape index (κ3) is 3.72. The first kappa shape index (κ1) is 14.4. The molecule has 2 aromatic carbocycles. The molecule has 0 aliphatic heterocycles. The maximum absolute atomic E-state index is 6.17. The van der Waals surface area contributed by atoms with Crippen LogP contribution in [0, 0.1) is 6.92 Å². The van der Waals surface area contributed by atoms with Crippen LogP contribution in [0.3, 0.4) is 0 Å². The minimum absolute atomic E-state index is 0.201. The van der Waals surface area contributed by atoms with Crippen LogP contribution in [0.1, 0.15) is 17.2 Å². The minimum Gasteiger partial charge on any atom is -0.483 e. The van der Waals surface area contributed by atoms with Gasteiger partial charge < -0.3 is 10.5 Å². The summed E-state index contributed by atoms with van der Waals surface area (Å²) >= 11 is 9.58. The van der Waals surface area contributed by atoms with Crippen LogP contribution in [0.5, 0.6) is 5.75 Å². The van der Waals surface area contributed by atoms with E-state index in [1.165, 1.54) is 0 Å². The highest BCUT2D eigenvalue weighted by Crippen LogP contribution is 2.29. The molecule has 0 aromatic heterocycles. The van der Waals surface area contributed by atoms with Gasteiger partial charge in [0.15, 0.2) is 0 Å². The largest absolute Gasteiger partial charge is 0.483 e. The van der Waals surface area contributed by atoms with E-state index in [9.17, 15) is 0 Å². The monoisotopic (exact) mass is 339 g/mol. The highest BCUT2D eigenvalue weighted by Gasteiger charge is 2.13. The van der Waals surface area contributed by atoms with Gasteiger partial charge in [0.25, 0.3) is 0 Å². The maximum atomic E-state index is 6.17. The van der Waals surface area contributed by atoms with Crippen molar-refractivity contribution in [3.63, 3.8) is 0 Å². The Hall–Kier alpha value is -1.03. The second-order valence-corrected chi connectivity index (χ2v) is 5.65. The number of ether oxygens (including phenoxy) is 1. The van der Waals surface area contributed by atoms with Gasteiger partial charge in [-0.05, 0) is 42.3 Å². The van der Waals surface area contributed by atoms with E-state index in [2.05, 4.69) is 15.9 Å². The third-order valence-electron chi connectivity index (χ3n) is 2.81. The summed E-state index contributed by atoms with van der Waals surface area (Å²) in [5.41, 5.74) is 7.92. The highest BCUT2D eigenvalue weighted by atomic mass is 79.9. The van der Waals surface area contributed by atoms with Crippen molar-refractivity contribution >= 4 is 27.5 Å². The minimum atomic E-state index is -0.201. The predicted octanol–water partition coefficient (Wildman–Crippen LogP) is 4.49. The molecule has 0 saturated carbocycles. The van der Waals surface area contributed by atoms with Gasteiger partial charge in [0.2, 0.25) is 0 Å². The molecule has 0 heterocycles. The van der Waals surface area contributed by atoms with Crippen LogP contribution in [0.15, 0.2) is 46.9 Å². The zero-order valence-corrected chi connectivity index (χ0v) is 12.9. The Balaban J connectivity index is 2.21. The third-order valence-corrected chi connectivity index (χ3v) is 3.64. The Kier molecular flexibility index (Phi) is 4.86. The van der Waals surface area contributed by atoms with E-state index < -0.39 is 0 Å². The molecule has 4 heteroatoms. The molecule has 2 rings (SSSR count). The number of nitrogens with two attached hydrogens (primary N) is 1. The summed E-state index contributed by atoms with van der Waals surface area (Å²) in [4.78, 5) is 0. The highest BCUT2D eigenvalue weighted by molar-refractivity contribution is 9.10. The van der Waals surface area contributed by atoms with E-state index in [4.69, 9.17) is 22.1 Å². The Bertz CT molecular complexity index is 557. The van der Waals surface area contributed by atoms with Crippen molar-refractivity contribution < 1.29 is 4.74 Å². The number of halogens is 2. The molecule has 0 saturated heterocycles. The van der Waals surface area contributed by atoms with Crippen LogP contribution >= 0.6 is 27.5 Å². The van der Waals surface area contributed by atoms with Crippen LogP contribution in [-0.4, -0.2) is 6.54 Å². The lowest BCUT2D eigenvalue weighted by atomic mass is 10.1. The normalized spacial score (nSPS) is 12.2. The average Bonchev–Trinajstić information content (AvgIpc) is 2.39. The van der Waals surface area contributed by atoms with Crippen LogP contribution in [0.25, 0.3) is 0 Å². The van der Waals surface area contributed by atoms with E-state index in [-0.39, 0.29) is 6.10 Å².